The quantitative estimate of drug-likeness (QED) is 0.733. The highest BCUT2D eigenvalue weighted by atomic mass is 19.1. The normalized spacial score (nSPS) is 10.1. The van der Waals surface area contributed by atoms with Gasteiger partial charge in [0.2, 0.25) is 0 Å². The van der Waals surface area contributed by atoms with Crippen molar-refractivity contribution in [1.82, 2.24) is 9.55 Å². The zero-order chi connectivity index (χ0) is 11.7. The van der Waals surface area contributed by atoms with Crippen LogP contribution >= 0.6 is 0 Å². The molecule has 0 saturated carbocycles. The number of nitrogens with zero attached hydrogens (tertiary/aromatic N) is 3. The molecule has 0 spiro atoms. The van der Waals surface area contributed by atoms with E-state index in [0.717, 1.165) is 5.69 Å². The van der Waals surface area contributed by atoms with E-state index in [1.807, 2.05) is 6.07 Å². The minimum Gasteiger partial charge on any atom is -0.330 e. The van der Waals surface area contributed by atoms with Crippen molar-refractivity contribution in [1.29, 1.82) is 5.26 Å². The lowest BCUT2D eigenvalue weighted by Crippen LogP contribution is -1.96. The van der Waals surface area contributed by atoms with Gasteiger partial charge in [0.1, 0.15) is 17.7 Å². The van der Waals surface area contributed by atoms with E-state index in [1.165, 1.54) is 6.07 Å². The van der Waals surface area contributed by atoms with Crippen molar-refractivity contribution in [3.63, 3.8) is 0 Å². The molecule has 0 amide bonds. The van der Waals surface area contributed by atoms with Crippen LogP contribution in [0, 0.1) is 24.1 Å². The van der Waals surface area contributed by atoms with Gasteiger partial charge in [0.05, 0.1) is 11.3 Å². The fraction of sp³-hybridized carbons (Fsp3) is 0.167. The lowest BCUT2D eigenvalue weighted by atomic mass is 10.2. The third kappa shape index (κ3) is 1.47. The Morgan fingerprint density at radius 3 is 2.62 bits per heavy atom. The standard InChI is InChI=1S/C12H10FN3/c1-8-11(7-14)15-12(16(8)2)9-5-3-4-6-10(9)13/h3-6H,1-2H3. The number of hydrogen-bond acceptors (Lipinski definition) is 2. The first kappa shape index (κ1) is 10.4. The summed E-state index contributed by atoms with van der Waals surface area (Å²) in [7, 11) is 1.77. The Morgan fingerprint density at radius 2 is 2.06 bits per heavy atom. The van der Waals surface area contributed by atoms with Gasteiger partial charge in [-0.2, -0.15) is 5.26 Å². The zero-order valence-electron chi connectivity index (χ0n) is 9.03. The SMILES string of the molecule is Cc1c(C#N)nc(-c2ccccc2F)n1C. The van der Waals surface area contributed by atoms with Crippen LogP contribution in [0.25, 0.3) is 11.4 Å². The van der Waals surface area contributed by atoms with Gasteiger partial charge in [0.25, 0.3) is 0 Å². The maximum absolute atomic E-state index is 13.6. The van der Waals surface area contributed by atoms with E-state index < -0.39 is 0 Å². The number of hydrogen-bond donors (Lipinski definition) is 0. The molecule has 3 nitrogen and oxygen atoms in total. The van der Waals surface area contributed by atoms with E-state index >= 15 is 0 Å². The molecule has 0 saturated heterocycles. The Kier molecular flexibility index (Phi) is 2.45. The van der Waals surface area contributed by atoms with E-state index in [4.69, 9.17) is 5.26 Å². The van der Waals surface area contributed by atoms with Crippen LogP contribution in [0.3, 0.4) is 0 Å². The minimum absolute atomic E-state index is 0.333. The summed E-state index contributed by atoms with van der Waals surface area (Å²) in [5, 5.41) is 8.85. The molecule has 1 aromatic heterocycles. The van der Waals surface area contributed by atoms with E-state index in [-0.39, 0.29) is 5.82 Å². The van der Waals surface area contributed by atoms with Crippen LogP contribution in [0.5, 0.6) is 0 Å². The van der Waals surface area contributed by atoms with Crippen molar-refractivity contribution < 1.29 is 4.39 Å². The van der Waals surface area contributed by atoms with Crippen molar-refractivity contribution in [2.75, 3.05) is 0 Å². The molecule has 0 N–H and O–H groups in total. The number of aromatic nitrogens is 2. The average molecular weight is 215 g/mol. The number of benzene rings is 1. The van der Waals surface area contributed by atoms with Gasteiger partial charge < -0.3 is 4.57 Å². The Bertz CT molecular complexity index is 578. The first-order chi connectivity index (χ1) is 7.65. The summed E-state index contributed by atoms with van der Waals surface area (Å²) >= 11 is 0. The minimum atomic E-state index is -0.333. The Labute approximate surface area is 92.8 Å². The topological polar surface area (TPSA) is 41.6 Å². The molecular weight excluding hydrogens is 205 g/mol. The third-order valence-corrected chi connectivity index (χ3v) is 2.60. The van der Waals surface area contributed by atoms with E-state index in [2.05, 4.69) is 4.98 Å². The molecule has 0 aliphatic rings. The van der Waals surface area contributed by atoms with Crippen molar-refractivity contribution in [3.05, 3.63) is 41.5 Å². The summed E-state index contributed by atoms with van der Waals surface area (Å²) in [4.78, 5) is 4.12. The molecule has 80 valence electrons. The molecule has 16 heavy (non-hydrogen) atoms. The van der Waals surface area contributed by atoms with Gasteiger partial charge in [-0.1, -0.05) is 12.1 Å². The van der Waals surface area contributed by atoms with Crippen LogP contribution in [0.1, 0.15) is 11.4 Å². The first-order valence-corrected chi connectivity index (χ1v) is 4.83. The van der Waals surface area contributed by atoms with Crippen LogP contribution in [-0.4, -0.2) is 9.55 Å². The summed E-state index contributed by atoms with van der Waals surface area (Å²) in [6.45, 7) is 1.79. The maximum atomic E-state index is 13.6. The molecule has 0 aliphatic carbocycles. The number of imidazole rings is 1. The molecule has 0 radical (unpaired) electrons. The largest absolute Gasteiger partial charge is 0.330 e. The average Bonchev–Trinajstić information content (AvgIpc) is 2.57. The molecule has 1 heterocycles. The third-order valence-electron chi connectivity index (χ3n) is 2.60. The number of halogens is 1. The first-order valence-electron chi connectivity index (χ1n) is 4.83. The van der Waals surface area contributed by atoms with Crippen molar-refractivity contribution in [2.45, 2.75) is 6.92 Å². The summed E-state index contributed by atoms with van der Waals surface area (Å²) in [5.74, 6) is 0.146. The van der Waals surface area contributed by atoms with E-state index in [0.29, 0.717) is 17.1 Å². The molecule has 2 rings (SSSR count). The van der Waals surface area contributed by atoms with Crippen LogP contribution in [0.4, 0.5) is 4.39 Å². The lowest BCUT2D eigenvalue weighted by molar-refractivity contribution is 0.628. The van der Waals surface area contributed by atoms with Gasteiger partial charge >= 0.3 is 0 Å². The fourth-order valence-electron chi connectivity index (χ4n) is 1.57. The van der Waals surface area contributed by atoms with E-state index in [9.17, 15) is 4.39 Å². The van der Waals surface area contributed by atoms with Crippen molar-refractivity contribution in [3.8, 4) is 17.5 Å². The lowest BCUT2D eigenvalue weighted by Gasteiger charge is -2.03. The van der Waals surface area contributed by atoms with Gasteiger partial charge in [-0.3, -0.25) is 0 Å². The molecule has 0 fully saturated rings. The summed E-state index contributed by atoms with van der Waals surface area (Å²) in [5.41, 5.74) is 1.48. The second-order valence-electron chi connectivity index (χ2n) is 3.52. The number of rotatable bonds is 1. The molecule has 4 heteroatoms. The Morgan fingerprint density at radius 1 is 1.38 bits per heavy atom. The van der Waals surface area contributed by atoms with Crippen LogP contribution in [-0.2, 0) is 7.05 Å². The van der Waals surface area contributed by atoms with Gasteiger partial charge in [-0.15, -0.1) is 0 Å². The molecule has 0 bridgehead atoms. The second-order valence-corrected chi connectivity index (χ2v) is 3.52. The predicted octanol–water partition coefficient (Wildman–Crippen LogP) is 2.41. The molecular formula is C12H10FN3. The van der Waals surface area contributed by atoms with Gasteiger partial charge in [0, 0.05) is 7.05 Å². The summed E-state index contributed by atoms with van der Waals surface area (Å²) in [6.07, 6.45) is 0. The van der Waals surface area contributed by atoms with Crippen LogP contribution < -0.4 is 0 Å². The molecule has 0 atom stereocenters. The van der Waals surface area contributed by atoms with Crippen molar-refractivity contribution >= 4 is 0 Å². The Balaban J connectivity index is 2.67. The van der Waals surface area contributed by atoms with Gasteiger partial charge in [0.15, 0.2) is 5.69 Å². The fourth-order valence-corrected chi connectivity index (χ4v) is 1.57. The maximum Gasteiger partial charge on any atom is 0.162 e. The highest BCUT2D eigenvalue weighted by molar-refractivity contribution is 5.58. The highest BCUT2D eigenvalue weighted by Crippen LogP contribution is 2.23. The summed E-state index contributed by atoms with van der Waals surface area (Å²) in [6, 6.07) is 8.39. The van der Waals surface area contributed by atoms with Gasteiger partial charge in [-0.25, -0.2) is 9.37 Å². The van der Waals surface area contributed by atoms with Crippen LogP contribution in [0.15, 0.2) is 24.3 Å². The smallest absolute Gasteiger partial charge is 0.162 e. The predicted molar refractivity (Wildman–Crippen MR) is 58.1 cm³/mol. The van der Waals surface area contributed by atoms with Crippen molar-refractivity contribution in [2.24, 2.45) is 7.05 Å². The molecule has 0 aliphatic heterocycles. The highest BCUT2D eigenvalue weighted by Gasteiger charge is 2.14. The number of nitriles is 1. The molecule has 1 aromatic carbocycles. The monoisotopic (exact) mass is 215 g/mol. The second kappa shape index (κ2) is 3.78. The Hall–Kier alpha value is -2.15. The zero-order valence-corrected chi connectivity index (χ0v) is 9.03. The van der Waals surface area contributed by atoms with Gasteiger partial charge in [-0.05, 0) is 19.1 Å². The molecule has 2 aromatic rings. The molecule has 0 unspecified atom stereocenters. The van der Waals surface area contributed by atoms with Crippen LogP contribution in [0.2, 0.25) is 0 Å². The summed E-state index contributed by atoms with van der Waals surface area (Å²) < 4.78 is 15.3. The van der Waals surface area contributed by atoms with E-state index in [1.54, 1.807) is 36.7 Å².